The number of methoxy groups -OCH3 is 1. The van der Waals surface area contributed by atoms with Gasteiger partial charge in [0, 0.05) is 13.1 Å². The molecule has 1 aromatic carbocycles. The van der Waals surface area contributed by atoms with Gasteiger partial charge < -0.3 is 4.74 Å². The number of hydrogen-bond donors (Lipinski definition) is 0. The molecule has 1 fully saturated rings. The van der Waals surface area contributed by atoms with E-state index in [0.29, 0.717) is 0 Å². The quantitative estimate of drug-likeness (QED) is 0.793. The van der Waals surface area contributed by atoms with Crippen LogP contribution in [-0.2, 0) is 28.9 Å². The molecule has 3 heteroatoms. The highest BCUT2D eigenvalue weighted by Gasteiger charge is 2.26. The summed E-state index contributed by atoms with van der Waals surface area (Å²) in [4.78, 5) is 14.1. The van der Waals surface area contributed by atoms with Gasteiger partial charge in [0.2, 0.25) is 0 Å². The highest BCUT2D eigenvalue weighted by atomic mass is 16.5. The maximum Gasteiger partial charge on any atom is 0.309 e. The van der Waals surface area contributed by atoms with Crippen molar-refractivity contribution >= 4 is 5.97 Å². The number of carbonyl (C=O) groups excluding carboxylic acids is 1. The molecular formula is C17H23NO2. The number of piperidine rings is 1. The van der Waals surface area contributed by atoms with Gasteiger partial charge in [-0.05, 0) is 55.3 Å². The van der Waals surface area contributed by atoms with E-state index in [1.165, 1.54) is 43.1 Å². The van der Waals surface area contributed by atoms with E-state index in [1.807, 2.05) is 0 Å². The van der Waals surface area contributed by atoms with Crippen LogP contribution in [0.15, 0.2) is 18.2 Å². The minimum atomic E-state index is -0.0522. The Labute approximate surface area is 120 Å². The molecule has 1 saturated heterocycles. The second-order valence-corrected chi connectivity index (χ2v) is 6.05. The van der Waals surface area contributed by atoms with Gasteiger partial charge in [-0.25, -0.2) is 0 Å². The van der Waals surface area contributed by atoms with E-state index in [9.17, 15) is 4.79 Å². The largest absolute Gasteiger partial charge is 0.469 e. The van der Waals surface area contributed by atoms with E-state index in [1.54, 1.807) is 0 Å². The lowest BCUT2D eigenvalue weighted by Gasteiger charge is -2.31. The summed E-state index contributed by atoms with van der Waals surface area (Å²) in [6.45, 7) is 2.88. The van der Waals surface area contributed by atoms with E-state index in [-0.39, 0.29) is 11.9 Å². The number of likely N-dealkylation sites (tertiary alicyclic amines) is 1. The Morgan fingerprint density at radius 1 is 1.30 bits per heavy atom. The SMILES string of the molecule is COC(=O)C1CCCN(Cc2ccc3c(c2)CCC3)C1. The molecule has 108 valence electrons. The lowest BCUT2D eigenvalue weighted by Crippen LogP contribution is -2.38. The van der Waals surface area contributed by atoms with Crippen molar-refractivity contribution in [3.8, 4) is 0 Å². The summed E-state index contributed by atoms with van der Waals surface area (Å²) in [5.74, 6) is 0.00632. The fourth-order valence-electron chi connectivity index (χ4n) is 3.54. The summed E-state index contributed by atoms with van der Waals surface area (Å²) in [6, 6.07) is 6.91. The zero-order valence-electron chi connectivity index (χ0n) is 12.2. The summed E-state index contributed by atoms with van der Waals surface area (Å²) in [6.07, 6.45) is 5.82. The molecule has 0 bridgehead atoms. The number of ether oxygens (including phenoxy) is 1. The number of benzene rings is 1. The minimum absolute atomic E-state index is 0.0522. The predicted molar refractivity (Wildman–Crippen MR) is 78.5 cm³/mol. The van der Waals surface area contributed by atoms with Gasteiger partial charge in [-0.3, -0.25) is 9.69 Å². The first kappa shape index (κ1) is 13.6. The number of carbonyl (C=O) groups is 1. The molecule has 1 heterocycles. The number of rotatable bonds is 3. The molecule has 0 aromatic heterocycles. The van der Waals surface area contributed by atoms with Gasteiger partial charge in [-0.15, -0.1) is 0 Å². The van der Waals surface area contributed by atoms with Gasteiger partial charge in [-0.1, -0.05) is 18.2 Å². The van der Waals surface area contributed by atoms with Crippen LogP contribution in [0.3, 0.4) is 0 Å². The van der Waals surface area contributed by atoms with Crippen LogP contribution in [0.5, 0.6) is 0 Å². The van der Waals surface area contributed by atoms with Gasteiger partial charge in [0.25, 0.3) is 0 Å². The molecule has 3 rings (SSSR count). The van der Waals surface area contributed by atoms with E-state index in [4.69, 9.17) is 4.74 Å². The van der Waals surface area contributed by atoms with Crippen LogP contribution in [0.2, 0.25) is 0 Å². The van der Waals surface area contributed by atoms with Crippen molar-refractivity contribution in [2.24, 2.45) is 5.92 Å². The van der Waals surface area contributed by atoms with Gasteiger partial charge >= 0.3 is 5.97 Å². The van der Waals surface area contributed by atoms with Crippen molar-refractivity contribution in [2.45, 2.75) is 38.6 Å². The molecule has 0 amide bonds. The zero-order chi connectivity index (χ0) is 13.9. The second-order valence-electron chi connectivity index (χ2n) is 6.05. The van der Waals surface area contributed by atoms with Crippen LogP contribution < -0.4 is 0 Å². The van der Waals surface area contributed by atoms with Gasteiger partial charge in [0.15, 0.2) is 0 Å². The molecule has 0 N–H and O–H groups in total. The van der Waals surface area contributed by atoms with Crippen LogP contribution >= 0.6 is 0 Å². The first-order valence-corrected chi connectivity index (χ1v) is 7.67. The van der Waals surface area contributed by atoms with E-state index >= 15 is 0 Å². The molecule has 1 aromatic rings. The highest BCUT2D eigenvalue weighted by molar-refractivity contribution is 5.72. The Bertz CT molecular complexity index is 498. The van der Waals surface area contributed by atoms with E-state index in [0.717, 1.165) is 32.5 Å². The molecule has 20 heavy (non-hydrogen) atoms. The molecule has 0 radical (unpaired) electrons. The topological polar surface area (TPSA) is 29.5 Å². The van der Waals surface area contributed by atoms with Crippen molar-refractivity contribution in [2.75, 3.05) is 20.2 Å². The monoisotopic (exact) mass is 273 g/mol. The predicted octanol–water partition coefficient (Wildman–Crippen LogP) is 2.56. The third-order valence-electron chi connectivity index (χ3n) is 4.61. The Hall–Kier alpha value is -1.35. The average Bonchev–Trinajstić information content (AvgIpc) is 2.94. The fourth-order valence-corrected chi connectivity index (χ4v) is 3.54. The summed E-state index contributed by atoms with van der Waals surface area (Å²) < 4.78 is 4.88. The molecule has 2 aliphatic rings. The second kappa shape index (κ2) is 5.96. The third-order valence-corrected chi connectivity index (χ3v) is 4.61. The molecule has 1 atom stereocenters. The van der Waals surface area contributed by atoms with Crippen molar-refractivity contribution < 1.29 is 9.53 Å². The number of fused-ring (bicyclic) bond motifs is 1. The van der Waals surface area contributed by atoms with Crippen molar-refractivity contribution in [1.82, 2.24) is 4.90 Å². The first-order valence-electron chi connectivity index (χ1n) is 7.67. The molecule has 1 aliphatic carbocycles. The summed E-state index contributed by atoms with van der Waals surface area (Å²) >= 11 is 0. The van der Waals surface area contributed by atoms with Crippen molar-refractivity contribution in [3.63, 3.8) is 0 Å². The van der Waals surface area contributed by atoms with Crippen LogP contribution in [0, 0.1) is 5.92 Å². The maximum atomic E-state index is 11.7. The van der Waals surface area contributed by atoms with Gasteiger partial charge in [-0.2, -0.15) is 0 Å². The van der Waals surface area contributed by atoms with E-state index < -0.39 is 0 Å². The Balaban J connectivity index is 1.64. The Morgan fingerprint density at radius 2 is 2.15 bits per heavy atom. The number of hydrogen-bond acceptors (Lipinski definition) is 3. The first-order chi connectivity index (χ1) is 9.76. The van der Waals surface area contributed by atoms with Crippen LogP contribution in [0.25, 0.3) is 0 Å². The highest BCUT2D eigenvalue weighted by Crippen LogP contribution is 2.25. The standard InChI is InChI=1S/C17H23NO2/c1-20-17(19)16-6-3-9-18(12-16)11-13-7-8-14-4-2-5-15(14)10-13/h7-8,10,16H,2-6,9,11-12H2,1H3. The van der Waals surface area contributed by atoms with Crippen LogP contribution in [-0.4, -0.2) is 31.1 Å². The van der Waals surface area contributed by atoms with E-state index in [2.05, 4.69) is 23.1 Å². The number of esters is 1. The molecule has 1 aliphatic heterocycles. The normalized spacial score (nSPS) is 22.6. The smallest absolute Gasteiger partial charge is 0.309 e. The summed E-state index contributed by atoms with van der Waals surface area (Å²) in [7, 11) is 1.49. The minimum Gasteiger partial charge on any atom is -0.469 e. The summed E-state index contributed by atoms with van der Waals surface area (Å²) in [5, 5.41) is 0. The number of nitrogens with zero attached hydrogens (tertiary/aromatic N) is 1. The molecule has 3 nitrogen and oxygen atoms in total. The lowest BCUT2D eigenvalue weighted by molar-refractivity contribution is -0.147. The van der Waals surface area contributed by atoms with Crippen molar-refractivity contribution in [3.05, 3.63) is 34.9 Å². The molecular weight excluding hydrogens is 250 g/mol. The van der Waals surface area contributed by atoms with Gasteiger partial charge in [0.1, 0.15) is 0 Å². The zero-order valence-corrected chi connectivity index (χ0v) is 12.2. The molecule has 0 saturated carbocycles. The van der Waals surface area contributed by atoms with Crippen LogP contribution in [0.1, 0.15) is 36.0 Å². The summed E-state index contributed by atoms with van der Waals surface area (Å²) in [5.41, 5.74) is 4.44. The Kier molecular flexibility index (Phi) is 4.06. The van der Waals surface area contributed by atoms with Crippen molar-refractivity contribution in [1.29, 1.82) is 0 Å². The molecule has 0 spiro atoms. The van der Waals surface area contributed by atoms with Gasteiger partial charge in [0.05, 0.1) is 13.0 Å². The number of aryl methyl sites for hydroxylation is 2. The average molecular weight is 273 g/mol. The molecule has 1 unspecified atom stereocenters. The van der Waals surface area contributed by atoms with Crippen LogP contribution in [0.4, 0.5) is 0 Å². The fraction of sp³-hybridized carbons (Fsp3) is 0.588. The Morgan fingerprint density at radius 3 is 3.00 bits per heavy atom. The lowest BCUT2D eigenvalue weighted by atomic mass is 9.97. The third kappa shape index (κ3) is 2.88. The maximum absolute atomic E-state index is 11.7.